The van der Waals surface area contributed by atoms with Crippen molar-refractivity contribution in [1.29, 1.82) is 0 Å². The maximum atomic E-state index is 12.5. The Labute approximate surface area is 161 Å². The van der Waals surface area contributed by atoms with E-state index >= 15 is 0 Å². The molecule has 1 amide bonds. The molecule has 9 nitrogen and oxygen atoms in total. The van der Waals surface area contributed by atoms with Crippen molar-refractivity contribution in [3.8, 4) is 0 Å². The first kappa shape index (κ1) is 18.2. The van der Waals surface area contributed by atoms with E-state index in [0.29, 0.717) is 19.5 Å². The molecule has 3 N–H and O–H groups in total. The Balaban J connectivity index is 1.29. The molecule has 2 atom stereocenters. The number of carbonyl (C=O) groups excluding carboxylic acids is 2. The predicted octanol–water partition coefficient (Wildman–Crippen LogP) is 0.808. The quantitative estimate of drug-likeness (QED) is 0.544. The van der Waals surface area contributed by atoms with Crippen LogP contribution < -0.4 is 10.6 Å². The van der Waals surface area contributed by atoms with Gasteiger partial charge < -0.3 is 20.4 Å². The van der Waals surface area contributed by atoms with Gasteiger partial charge in [0.25, 0.3) is 0 Å². The molecule has 1 saturated heterocycles. The van der Waals surface area contributed by atoms with Crippen LogP contribution in [0.25, 0.3) is 10.9 Å². The maximum Gasteiger partial charge on any atom is 0.360 e. The van der Waals surface area contributed by atoms with E-state index in [0.717, 1.165) is 11.9 Å². The lowest BCUT2D eigenvalue weighted by molar-refractivity contribution is -0.122. The van der Waals surface area contributed by atoms with Gasteiger partial charge in [0.1, 0.15) is 0 Å². The molecule has 2 aromatic heterocycles. The first-order valence-electron chi connectivity index (χ1n) is 9.22. The molecule has 4 rings (SSSR count). The largest absolute Gasteiger partial charge is 0.464 e. The van der Waals surface area contributed by atoms with Crippen LogP contribution in [-0.2, 0) is 16.0 Å². The highest BCUT2D eigenvalue weighted by Crippen LogP contribution is 2.20. The maximum absolute atomic E-state index is 12.5. The van der Waals surface area contributed by atoms with Gasteiger partial charge in [-0.3, -0.25) is 4.79 Å². The smallest absolute Gasteiger partial charge is 0.360 e. The first-order valence-corrected chi connectivity index (χ1v) is 9.22. The van der Waals surface area contributed by atoms with Crippen molar-refractivity contribution in [2.24, 2.45) is 0 Å². The summed E-state index contributed by atoms with van der Waals surface area (Å²) in [5.41, 5.74) is 2.45. The Kier molecular flexibility index (Phi) is 5.07. The second-order valence-corrected chi connectivity index (χ2v) is 6.83. The number of methoxy groups -OCH3 is 1. The summed E-state index contributed by atoms with van der Waals surface area (Å²) in [6, 6.07) is 7.80. The summed E-state index contributed by atoms with van der Waals surface area (Å²) in [6.45, 7) is 1.16. The summed E-state index contributed by atoms with van der Waals surface area (Å²) in [5.74, 6) is -0.556. The number of fused-ring (bicyclic) bond motifs is 1. The van der Waals surface area contributed by atoms with E-state index < -0.39 is 5.97 Å². The van der Waals surface area contributed by atoms with Gasteiger partial charge in [-0.05, 0) is 24.5 Å². The number of hydrogen-bond acceptors (Lipinski definition) is 6. The number of aromatic amines is 1. The van der Waals surface area contributed by atoms with Gasteiger partial charge in [-0.15, -0.1) is 5.10 Å². The molecule has 0 unspecified atom stereocenters. The number of para-hydroxylation sites is 1. The van der Waals surface area contributed by atoms with Gasteiger partial charge in [0.05, 0.1) is 25.4 Å². The fourth-order valence-electron chi connectivity index (χ4n) is 3.55. The van der Waals surface area contributed by atoms with Crippen molar-refractivity contribution in [3.63, 3.8) is 0 Å². The normalized spacial score (nSPS) is 19.0. The Morgan fingerprint density at radius 2 is 2.21 bits per heavy atom. The van der Waals surface area contributed by atoms with Crippen LogP contribution in [0.5, 0.6) is 0 Å². The van der Waals surface area contributed by atoms with E-state index in [-0.39, 0.29) is 23.7 Å². The van der Waals surface area contributed by atoms with E-state index in [1.807, 2.05) is 24.4 Å². The number of hydrogen-bond donors (Lipinski definition) is 3. The first-order chi connectivity index (χ1) is 13.7. The number of nitrogens with one attached hydrogen (secondary N) is 3. The number of nitrogens with zero attached hydrogens (tertiary/aromatic N) is 3. The number of esters is 1. The minimum atomic E-state index is -0.524. The zero-order valence-electron chi connectivity index (χ0n) is 15.5. The number of amides is 1. The number of ether oxygens (including phenoxy) is 1. The Morgan fingerprint density at radius 3 is 3.07 bits per heavy atom. The lowest BCUT2D eigenvalue weighted by Gasteiger charge is -2.11. The predicted molar refractivity (Wildman–Crippen MR) is 102 cm³/mol. The highest BCUT2D eigenvalue weighted by Gasteiger charge is 2.31. The van der Waals surface area contributed by atoms with Crippen LogP contribution in [0, 0.1) is 0 Å². The lowest BCUT2D eigenvalue weighted by atomic mass is 10.1. The highest BCUT2D eigenvalue weighted by molar-refractivity contribution is 5.86. The molecule has 9 heteroatoms. The molecule has 1 aliphatic heterocycles. The van der Waals surface area contributed by atoms with E-state index in [2.05, 4.69) is 36.7 Å². The lowest BCUT2D eigenvalue weighted by Crippen LogP contribution is -2.41. The standard InChI is InChI=1S/C19H22N6O3/c1-28-19(27)17-11-25(24-23-17)13-8-16(22-10-13)18(26)20-7-6-12-9-21-15-5-3-2-4-14(12)15/h2-5,9,11,13,16,21-22H,6-8,10H2,1H3,(H,20,26)/t13-,16+/m1/s1. The second-order valence-electron chi connectivity index (χ2n) is 6.83. The Bertz CT molecular complexity index is 994. The van der Waals surface area contributed by atoms with Crippen LogP contribution in [0.3, 0.4) is 0 Å². The van der Waals surface area contributed by atoms with Crippen LogP contribution in [-0.4, -0.2) is 58.1 Å². The molecular weight excluding hydrogens is 360 g/mol. The molecular formula is C19H22N6O3. The van der Waals surface area contributed by atoms with Gasteiger partial charge in [-0.25, -0.2) is 9.48 Å². The third-order valence-electron chi connectivity index (χ3n) is 5.07. The summed E-state index contributed by atoms with van der Waals surface area (Å²) in [7, 11) is 1.30. The number of benzene rings is 1. The topological polar surface area (TPSA) is 114 Å². The van der Waals surface area contributed by atoms with Crippen LogP contribution >= 0.6 is 0 Å². The third kappa shape index (κ3) is 3.61. The van der Waals surface area contributed by atoms with Gasteiger partial charge in [-0.2, -0.15) is 0 Å². The average molecular weight is 382 g/mol. The second kappa shape index (κ2) is 7.81. The third-order valence-corrected chi connectivity index (χ3v) is 5.07. The van der Waals surface area contributed by atoms with E-state index in [1.54, 1.807) is 10.9 Å². The zero-order chi connectivity index (χ0) is 19.5. The molecule has 0 radical (unpaired) electrons. The van der Waals surface area contributed by atoms with E-state index in [9.17, 15) is 9.59 Å². The summed E-state index contributed by atoms with van der Waals surface area (Å²) in [4.78, 5) is 27.2. The average Bonchev–Trinajstić information content (AvgIpc) is 3.46. The van der Waals surface area contributed by atoms with Crippen molar-refractivity contribution in [1.82, 2.24) is 30.6 Å². The Hall–Kier alpha value is -3.20. The molecule has 1 aromatic carbocycles. The molecule has 146 valence electrons. The molecule has 0 spiro atoms. The van der Waals surface area contributed by atoms with Crippen molar-refractivity contribution >= 4 is 22.8 Å². The van der Waals surface area contributed by atoms with Crippen molar-refractivity contribution in [2.45, 2.75) is 24.9 Å². The summed E-state index contributed by atoms with van der Waals surface area (Å²) < 4.78 is 6.25. The molecule has 0 bridgehead atoms. The molecule has 0 saturated carbocycles. The monoisotopic (exact) mass is 382 g/mol. The highest BCUT2D eigenvalue weighted by atomic mass is 16.5. The molecule has 1 fully saturated rings. The Morgan fingerprint density at radius 1 is 1.36 bits per heavy atom. The number of aromatic nitrogens is 4. The number of H-pyrrole nitrogens is 1. The van der Waals surface area contributed by atoms with Crippen LogP contribution in [0.2, 0.25) is 0 Å². The van der Waals surface area contributed by atoms with Gasteiger partial charge >= 0.3 is 5.97 Å². The fraction of sp³-hybridized carbons (Fsp3) is 0.368. The van der Waals surface area contributed by atoms with Crippen molar-refractivity contribution < 1.29 is 14.3 Å². The van der Waals surface area contributed by atoms with Crippen LogP contribution in [0.15, 0.2) is 36.7 Å². The minimum Gasteiger partial charge on any atom is -0.464 e. The van der Waals surface area contributed by atoms with Gasteiger partial charge in [0.2, 0.25) is 5.91 Å². The van der Waals surface area contributed by atoms with E-state index in [1.165, 1.54) is 18.1 Å². The summed E-state index contributed by atoms with van der Waals surface area (Å²) in [5, 5.41) is 15.2. The van der Waals surface area contributed by atoms with Gasteiger partial charge in [0, 0.05) is 30.2 Å². The zero-order valence-corrected chi connectivity index (χ0v) is 15.5. The van der Waals surface area contributed by atoms with Gasteiger partial charge in [-0.1, -0.05) is 23.4 Å². The van der Waals surface area contributed by atoms with Gasteiger partial charge in [0.15, 0.2) is 5.69 Å². The van der Waals surface area contributed by atoms with Crippen molar-refractivity contribution in [3.05, 3.63) is 47.9 Å². The van der Waals surface area contributed by atoms with Crippen LogP contribution in [0.1, 0.15) is 28.5 Å². The SMILES string of the molecule is COC(=O)c1cn([C@H]2CN[C@H](C(=O)NCCc3c[nH]c4ccccc34)C2)nn1. The summed E-state index contributed by atoms with van der Waals surface area (Å²) >= 11 is 0. The molecule has 3 heterocycles. The minimum absolute atomic E-state index is 0.0318. The van der Waals surface area contributed by atoms with Crippen molar-refractivity contribution in [2.75, 3.05) is 20.2 Å². The molecule has 28 heavy (non-hydrogen) atoms. The van der Waals surface area contributed by atoms with E-state index in [4.69, 9.17) is 0 Å². The summed E-state index contributed by atoms with van der Waals surface area (Å²) in [6.07, 6.45) is 4.89. The fourth-order valence-corrected chi connectivity index (χ4v) is 3.55. The van der Waals surface area contributed by atoms with Crippen LogP contribution in [0.4, 0.5) is 0 Å². The number of rotatable bonds is 6. The molecule has 1 aliphatic rings. The molecule has 0 aliphatic carbocycles. The molecule has 3 aromatic rings. The number of carbonyl (C=O) groups is 2.